The van der Waals surface area contributed by atoms with Gasteiger partial charge < -0.3 is 5.32 Å². The third kappa shape index (κ3) is 3.03. The Morgan fingerprint density at radius 3 is 2.68 bits per heavy atom. The van der Waals surface area contributed by atoms with Crippen LogP contribution < -0.4 is 16.6 Å². The van der Waals surface area contributed by atoms with E-state index in [9.17, 15) is 0 Å². The molecule has 0 radical (unpaired) electrons. The van der Waals surface area contributed by atoms with Crippen LogP contribution in [0, 0.1) is 11.3 Å². The monoisotopic (exact) mass is 294 g/mol. The molecule has 0 saturated heterocycles. The molecule has 6 nitrogen and oxygen atoms in total. The molecule has 0 bridgehead atoms. The Bertz CT molecular complexity index is 652. The van der Waals surface area contributed by atoms with Gasteiger partial charge in [0, 0.05) is 0 Å². The first-order valence-electron chi connectivity index (χ1n) is 5.10. The molecular weight excluding hydrogens is 287 g/mol. The van der Waals surface area contributed by atoms with E-state index in [1.165, 1.54) is 6.20 Å². The molecule has 0 spiro atoms. The van der Waals surface area contributed by atoms with E-state index >= 15 is 0 Å². The third-order valence-corrected chi connectivity index (χ3v) is 2.81. The second-order valence-corrected chi connectivity index (χ2v) is 4.28. The molecule has 2 aromatic rings. The van der Waals surface area contributed by atoms with Crippen molar-refractivity contribution in [2.24, 2.45) is 5.84 Å². The number of nitrogens with zero attached hydrogens (tertiary/aromatic N) is 3. The Morgan fingerprint density at radius 1 is 1.26 bits per heavy atom. The number of halogens is 2. The molecule has 0 aliphatic rings. The lowest BCUT2D eigenvalue weighted by atomic mass is 10.2. The van der Waals surface area contributed by atoms with Gasteiger partial charge in [0.1, 0.15) is 5.02 Å². The Labute approximate surface area is 119 Å². The molecule has 0 atom stereocenters. The van der Waals surface area contributed by atoms with Gasteiger partial charge in [0.25, 0.3) is 0 Å². The number of hydrogen-bond donors (Lipinski definition) is 3. The molecule has 1 heterocycles. The molecule has 0 unspecified atom stereocenters. The quantitative estimate of drug-likeness (QED) is 0.594. The largest absolute Gasteiger partial charge is 0.338 e. The van der Waals surface area contributed by atoms with Crippen molar-refractivity contribution < 1.29 is 0 Å². The van der Waals surface area contributed by atoms with Gasteiger partial charge in [0.2, 0.25) is 5.95 Å². The fourth-order valence-electron chi connectivity index (χ4n) is 1.34. The number of hydrazine groups is 1. The van der Waals surface area contributed by atoms with E-state index in [2.05, 4.69) is 20.7 Å². The molecule has 19 heavy (non-hydrogen) atoms. The summed E-state index contributed by atoms with van der Waals surface area (Å²) in [5.41, 5.74) is 3.36. The molecule has 0 aliphatic carbocycles. The van der Waals surface area contributed by atoms with Crippen LogP contribution in [0.2, 0.25) is 10.0 Å². The topological polar surface area (TPSA) is 99.7 Å². The van der Waals surface area contributed by atoms with Crippen molar-refractivity contribution in [3.8, 4) is 6.07 Å². The van der Waals surface area contributed by atoms with Crippen LogP contribution in [0.3, 0.4) is 0 Å². The summed E-state index contributed by atoms with van der Waals surface area (Å²) >= 11 is 12.0. The summed E-state index contributed by atoms with van der Waals surface area (Å²) in [5.74, 6) is 5.80. The molecule has 0 amide bonds. The van der Waals surface area contributed by atoms with Gasteiger partial charge in [0.05, 0.1) is 28.5 Å². The average Bonchev–Trinajstić information content (AvgIpc) is 2.43. The molecule has 8 heteroatoms. The Balaban J connectivity index is 2.33. The number of nitrogens with one attached hydrogen (secondary N) is 2. The van der Waals surface area contributed by atoms with Crippen molar-refractivity contribution in [1.82, 2.24) is 9.97 Å². The highest BCUT2D eigenvalue weighted by atomic mass is 35.5. The summed E-state index contributed by atoms with van der Waals surface area (Å²) in [6.07, 6.45) is 1.41. The molecule has 96 valence electrons. The lowest BCUT2D eigenvalue weighted by molar-refractivity contribution is 1.12. The van der Waals surface area contributed by atoms with Gasteiger partial charge in [0.15, 0.2) is 5.82 Å². The normalized spacial score (nSPS) is 9.79. The fraction of sp³-hybridized carbons (Fsp3) is 0. The minimum Gasteiger partial charge on any atom is -0.338 e. The number of rotatable bonds is 3. The van der Waals surface area contributed by atoms with Gasteiger partial charge in [-0.1, -0.05) is 23.2 Å². The summed E-state index contributed by atoms with van der Waals surface area (Å²) in [7, 11) is 0. The van der Waals surface area contributed by atoms with Crippen LogP contribution in [-0.2, 0) is 0 Å². The van der Waals surface area contributed by atoms with E-state index in [4.69, 9.17) is 34.3 Å². The molecule has 1 aromatic carbocycles. The highest BCUT2D eigenvalue weighted by Crippen LogP contribution is 2.29. The second kappa shape index (κ2) is 5.71. The number of nitrogen functional groups attached to an aromatic ring is 1. The zero-order chi connectivity index (χ0) is 13.8. The van der Waals surface area contributed by atoms with E-state index in [-0.39, 0.29) is 5.95 Å². The van der Waals surface area contributed by atoms with E-state index in [0.29, 0.717) is 27.1 Å². The van der Waals surface area contributed by atoms with Crippen molar-refractivity contribution in [1.29, 1.82) is 5.26 Å². The van der Waals surface area contributed by atoms with Crippen LogP contribution >= 0.6 is 23.2 Å². The molecular formula is C11H8Cl2N6. The summed E-state index contributed by atoms with van der Waals surface area (Å²) < 4.78 is 0. The van der Waals surface area contributed by atoms with E-state index in [1.807, 2.05) is 6.07 Å². The molecule has 1 aromatic heterocycles. The summed E-state index contributed by atoms with van der Waals surface area (Å²) in [6.45, 7) is 0. The second-order valence-electron chi connectivity index (χ2n) is 3.47. The number of nitrogens with two attached hydrogens (primary N) is 1. The van der Waals surface area contributed by atoms with Gasteiger partial charge in [-0.2, -0.15) is 10.2 Å². The SMILES string of the molecule is N#Cc1ccc(Nc2nc(NN)ncc2Cl)c(Cl)c1. The van der Waals surface area contributed by atoms with Gasteiger partial charge in [-0.15, -0.1) is 0 Å². The number of nitriles is 1. The van der Waals surface area contributed by atoms with Crippen molar-refractivity contribution in [2.45, 2.75) is 0 Å². The molecule has 0 fully saturated rings. The molecule has 4 N–H and O–H groups in total. The average molecular weight is 295 g/mol. The zero-order valence-corrected chi connectivity index (χ0v) is 11.0. The van der Waals surface area contributed by atoms with Crippen molar-refractivity contribution in [3.63, 3.8) is 0 Å². The highest BCUT2D eigenvalue weighted by Gasteiger charge is 2.08. The Hall–Kier alpha value is -2.07. The maximum atomic E-state index is 8.76. The fourth-order valence-corrected chi connectivity index (χ4v) is 1.70. The highest BCUT2D eigenvalue weighted by molar-refractivity contribution is 6.34. The van der Waals surface area contributed by atoms with Gasteiger partial charge >= 0.3 is 0 Å². The van der Waals surface area contributed by atoms with Crippen LogP contribution in [0.5, 0.6) is 0 Å². The predicted octanol–water partition coefficient (Wildman–Crippen LogP) is 2.68. The first kappa shape index (κ1) is 13.4. The Kier molecular flexibility index (Phi) is 4.02. The van der Waals surface area contributed by atoms with Crippen LogP contribution in [0.15, 0.2) is 24.4 Å². The van der Waals surface area contributed by atoms with Gasteiger partial charge in [-0.3, -0.25) is 5.43 Å². The predicted molar refractivity (Wildman–Crippen MR) is 74.3 cm³/mol. The standard InChI is InChI=1S/C11H8Cl2N6/c12-7-3-6(4-14)1-2-9(7)17-10-8(13)5-16-11(18-10)19-15/h1-3,5H,15H2,(H2,16,17,18,19). The smallest absolute Gasteiger partial charge is 0.239 e. The minimum absolute atomic E-state index is 0.219. The minimum atomic E-state index is 0.219. The summed E-state index contributed by atoms with van der Waals surface area (Å²) in [6, 6.07) is 6.83. The van der Waals surface area contributed by atoms with Crippen LogP contribution in [0.4, 0.5) is 17.5 Å². The first-order valence-corrected chi connectivity index (χ1v) is 5.85. The van der Waals surface area contributed by atoms with E-state index in [1.54, 1.807) is 18.2 Å². The van der Waals surface area contributed by atoms with Crippen LogP contribution in [0.25, 0.3) is 0 Å². The molecule has 0 saturated carbocycles. The lowest BCUT2D eigenvalue weighted by Crippen LogP contribution is -2.11. The number of benzene rings is 1. The summed E-state index contributed by atoms with van der Waals surface area (Å²) in [4.78, 5) is 7.91. The number of aromatic nitrogens is 2. The summed E-state index contributed by atoms with van der Waals surface area (Å²) in [5, 5.41) is 12.4. The van der Waals surface area contributed by atoms with Crippen molar-refractivity contribution in [2.75, 3.05) is 10.7 Å². The van der Waals surface area contributed by atoms with Crippen molar-refractivity contribution in [3.05, 3.63) is 40.0 Å². The molecule has 2 rings (SSSR count). The zero-order valence-electron chi connectivity index (χ0n) is 9.48. The van der Waals surface area contributed by atoms with E-state index < -0.39 is 0 Å². The van der Waals surface area contributed by atoms with Crippen molar-refractivity contribution >= 4 is 40.7 Å². The lowest BCUT2D eigenvalue weighted by Gasteiger charge is -2.10. The number of anilines is 3. The van der Waals surface area contributed by atoms with Crippen LogP contribution in [0.1, 0.15) is 5.56 Å². The maximum Gasteiger partial charge on any atom is 0.239 e. The Morgan fingerprint density at radius 2 is 2.05 bits per heavy atom. The van der Waals surface area contributed by atoms with Gasteiger partial charge in [-0.25, -0.2) is 10.8 Å². The van der Waals surface area contributed by atoms with Crippen LogP contribution in [-0.4, -0.2) is 9.97 Å². The maximum absolute atomic E-state index is 8.76. The van der Waals surface area contributed by atoms with Gasteiger partial charge in [-0.05, 0) is 18.2 Å². The van der Waals surface area contributed by atoms with E-state index in [0.717, 1.165) is 0 Å². The molecule has 0 aliphatic heterocycles. The first-order chi connectivity index (χ1) is 9.13. The number of hydrogen-bond acceptors (Lipinski definition) is 6. The third-order valence-electron chi connectivity index (χ3n) is 2.22.